The predicted octanol–water partition coefficient (Wildman–Crippen LogP) is 4.53. The van der Waals surface area contributed by atoms with E-state index in [2.05, 4.69) is 22.1 Å². The molecule has 12 heteroatoms. The summed E-state index contributed by atoms with van der Waals surface area (Å²) in [6.45, 7) is 4.21. The van der Waals surface area contributed by atoms with Gasteiger partial charge in [0.05, 0.1) is 23.8 Å². The predicted molar refractivity (Wildman–Crippen MR) is 194 cm³/mol. The molecule has 0 bridgehead atoms. The number of amides is 2. The molecule has 2 aliphatic heterocycles. The molecule has 9 nitrogen and oxygen atoms in total. The number of ketones is 1. The van der Waals surface area contributed by atoms with Crippen molar-refractivity contribution in [1.29, 1.82) is 0 Å². The maximum Gasteiger partial charge on any atom is 0.311 e. The second-order valence-electron chi connectivity index (χ2n) is 12.1. The highest BCUT2D eigenvalue weighted by Crippen LogP contribution is 2.32. The summed E-state index contributed by atoms with van der Waals surface area (Å²) in [5, 5.41) is 9.55. The number of thioether (sulfide) groups is 1. The number of nitrogens with zero attached hydrogens (tertiary/aromatic N) is 4. The number of Topliss-reactive ketones (excluding diaryl/α,β-unsaturated/α-hetero) is 1. The van der Waals surface area contributed by atoms with Crippen LogP contribution >= 0.6 is 35.0 Å². The molecule has 3 N–H and O–H groups in total. The minimum atomic E-state index is -1.00. The number of hydrogen-bond acceptors (Lipinski definition) is 7. The highest BCUT2D eigenvalue weighted by molar-refractivity contribution is 7.99. The summed E-state index contributed by atoms with van der Waals surface area (Å²) in [4.78, 5) is 41.0. The Balaban J connectivity index is 1.20. The molecular weight excluding hydrogens is 679 g/mol. The molecule has 0 saturated carbocycles. The Hall–Kier alpha value is -4.11. The highest BCUT2D eigenvalue weighted by atomic mass is 35.5. The molecule has 3 aromatic carbocycles. The second kappa shape index (κ2) is 16.1. The first-order chi connectivity index (χ1) is 23.7. The maximum atomic E-state index is 13.2. The molecule has 49 heavy (non-hydrogen) atoms. The van der Waals surface area contributed by atoms with E-state index in [1.165, 1.54) is 4.90 Å². The van der Waals surface area contributed by atoms with Gasteiger partial charge in [-0.05, 0) is 47.5 Å². The van der Waals surface area contributed by atoms with E-state index < -0.39 is 11.8 Å². The number of carbonyl (C=O) groups excluding carboxylic acids is 3. The lowest BCUT2D eigenvalue weighted by Gasteiger charge is -2.27. The van der Waals surface area contributed by atoms with Crippen molar-refractivity contribution < 1.29 is 14.4 Å². The molecule has 1 aromatic heterocycles. The van der Waals surface area contributed by atoms with Gasteiger partial charge in [-0.15, -0.1) is 0 Å². The summed E-state index contributed by atoms with van der Waals surface area (Å²) in [7, 11) is 0. The summed E-state index contributed by atoms with van der Waals surface area (Å²) < 4.78 is 1.75. The van der Waals surface area contributed by atoms with Crippen LogP contribution < -0.4 is 11.1 Å². The number of hydrogen-bond donors (Lipinski definition) is 2. The first-order valence-corrected chi connectivity index (χ1v) is 18.0. The lowest BCUT2D eigenvalue weighted by Crippen LogP contribution is -2.43. The van der Waals surface area contributed by atoms with E-state index in [0.29, 0.717) is 42.3 Å². The van der Waals surface area contributed by atoms with Gasteiger partial charge in [0.15, 0.2) is 5.78 Å². The molecule has 0 atom stereocenters. The Bertz CT molecular complexity index is 1910. The van der Waals surface area contributed by atoms with Crippen LogP contribution in [0.15, 0.2) is 66.7 Å². The van der Waals surface area contributed by atoms with Crippen molar-refractivity contribution in [3.63, 3.8) is 0 Å². The molecular formula is C37H36Cl2N6O3S. The average molecular weight is 716 g/mol. The van der Waals surface area contributed by atoms with Crippen LogP contribution in [-0.4, -0.2) is 74.9 Å². The number of carbonyl (C=O) groups is 3. The Labute approximate surface area is 300 Å². The van der Waals surface area contributed by atoms with Gasteiger partial charge in [-0.1, -0.05) is 65.4 Å². The molecule has 6 rings (SSSR count). The normalized spacial score (nSPS) is 14.5. The Morgan fingerprint density at radius 2 is 1.57 bits per heavy atom. The molecule has 0 radical (unpaired) electrons. The Kier molecular flexibility index (Phi) is 11.4. The summed E-state index contributed by atoms with van der Waals surface area (Å²) in [5.41, 5.74) is 12.1. The van der Waals surface area contributed by atoms with E-state index in [4.69, 9.17) is 34.0 Å². The molecule has 1 fully saturated rings. The van der Waals surface area contributed by atoms with Crippen LogP contribution in [0.25, 0.3) is 11.3 Å². The smallest absolute Gasteiger partial charge is 0.311 e. The minimum Gasteiger partial charge on any atom is -0.361 e. The minimum absolute atomic E-state index is 0.0745. The fourth-order valence-electron chi connectivity index (χ4n) is 5.98. The number of primary amides is 1. The van der Waals surface area contributed by atoms with Gasteiger partial charge in [0.25, 0.3) is 0 Å². The fraction of sp³-hybridized carbons (Fsp3) is 0.297. The van der Waals surface area contributed by atoms with Crippen molar-refractivity contribution in [1.82, 2.24) is 24.9 Å². The Morgan fingerprint density at radius 1 is 0.878 bits per heavy atom. The molecule has 0 unspecified atom stereocenters. The molecule has 252 valence electrons. The van der Waals surface area contributed by atoms with Crippen molar-refractivity contribution >= 4 is 52.6 Å². The molecule has 4 aromatic rings. The molecule has 0 aliphatic carbocycles. The van der Waals surface area contributed by atoms with E-state index in [1.54, 1.807) is 10.7 Å². The highest BCUT2D eigenvalue weighted by Gasteiger charge is 2.30. The molecule has 2 amide bonds. The third kappa shape index (κ3) is 8.93. The monoisotopic (exact) mass is 714 g/mol. The third-order valence-corrected chi connectivity index (χ3v) is 10.1. The van der Waals surface area contributed by atoms with Crippen LogP contribution in [0.4, 0.5) is 0 Å². The second-order valence-corrected chi connectivity index (χ2v) is 14.1. The van der Waals surface area contributed by atoms with Crippen LogP contribution in [0, 0.1) is 11.8 Å². The number of halogens is 2. The zero-order valence-electron chi connectivity index (χ0n) is 26.9. The SMILES string of the molecule is NC(=O)C(=O)N1CCc2c(c(-c3ccc(Cl)c(C#Cc4ccc(CNCc5ccc(Cl)cc5)cc4)c3)nn2CC(=O)CN2CCSCC2)C1. The van der Waals surface area contributed by atoms with E-state index in [9.17, 15) is 14.4 Å². The third-order valence-electron chi connectivity index (χ3n) is 8.57. The van der Waals surface area contributed by atoms with E-state index in [1.807, 2.05) is 72.4 Å². The maximum absolute atomic E-state index is 13.2. The number of aromatic nitrogens is 2. The first kappa shape index (κ1) is 34.7. The van der Waals surface area contributed by atoms with Gasteiger partial charge in [0, 0.05) is 83.6 Å². The number of nitrogens with one attached hydrogen (secondary N) is 1. The summed E-state index contributed by atoms with van der Waals surface area (Å²) in [5.74, 6) is 6.80. The number of rotatable bonds is 9. The van der Waals surface area contributed by atoms with Gasteiger partial charge in [0.1, 0.15) is 6.54 Å². The van der Waals surface area contributed by atoms with Gasteiger partial charge < -0.3 is 16.0 Å². The number of nitrogens with two attached hydrogens (primary N) is 1. The van der Waals surface area contributed by atoms with Crippen molar-refractivity contribution in [2.75, 3.05) is 37.7 Å². The van der Waals surface area contributed by atoms with Gasteiger partial charge in [-0.3, -0.25) is 24.0 Å². The van der Waals surface area contributed by atoms with Crippen molar-refractivity contribution in [2.45, 2.75) is 32.6 Å². The summed E-state index contributed by atoms with van der Waals surface area (Å²) >= 11 is 14.5. The molecule has 2 aliphatic rings. The van der Waals surface area contributed by atoms with Crippen LogP contribution in [0.3, 0.4) is 0 Å². The van der Waals surface area contributed by atoms with Gasteiger partial charge in [0.2, 0.25) is 0 Å². The van der Waals surface area contributed by atoms with Crippen molar-refractivity contribution in [3.8, 4) is 23.1 Å². The molecule has 0 spiro atoms. The van der Waals surface area contributed by atoms with E-state index >= 15 is 0 Å². The van der Waals surface area contributed by atoms with E-state index in [0.717, 1.165) is 69.7 Å². The van der Waals surface area contributed by atoms with Crippen LogP contribution in [0.2, 0.25) is 10.0 Å². The quantitative estimate of drug-likeness (QED) is 0.194. The lowest BCUT2D eigenvalue weighted by atomic mass is 9.99. The Morgan fingerprint density at radius 3 is 2.27 bits per heavy atom. The van der Waals surface area contributed by atoms with Gasteiger partial charge >= 0.3 is 11.8 Å². The molecule has 3 heterocycles. The van der Waals surface area contributed by atoms with Crippen LogP contribution in [-0.2, 0) is 47.0 Å². The van der Waals surface area contributed by atoms with Gasteiger partial charge in [-0.2, -0.15) is 16.9 Å². The summed E-state index contributed by atoms with van der Waals surface area (Å²) in [6.07, 6.45) is 0.446. The topological polar surface area (TPSA) is 114 Å². The number of fused-ring (bicyclic) bond motifs is 1. The average Bonchev–Trinajstić information content (AvgIpc) is 3.46. The van der Waals surface area contributed by atoms with Crippen molar-refractivity contribution in [2.24, 2.45) is 5.73 Å². The van der Waals surface area contributed by atoms with E-state index in [-0.39, 0.29) is 18.9 Å². The van der Waals surface area contributed by atoms with Crippen LogP contribution in [0.1, 0.15) is 33.5 Å². The zero-order chi connectivity index (χ0) is 34.3. The molecule has 1 saturated heterocycles. The van der Waals surface area contributed by atoms with Crippen LogP contribution in [0.5, 0.6) is 0 Å². The van der Waals surface area contributed by atoms with Crippen molar-refractivity contribution in [3.05, 3.63) is 110 Å². The standard InChI is InChI=1S/C37H36Cl2N6O3S/c38-30-10-6-27(7-11-30)21-41-20-26-3-1-25(2-4-26)5-8-28-19-29(9-12-33(28)39)35-32-24-44(37(48)36(40)47)14-13-34(32)45(42-35)23-31(46)22-43-15-17-49-18-16-43/h1-4,6-7,9-12,19,41H,13-18,20-24H2,(H2,40,47). The van der Waals surface area contributed by atoms with Gasteiger partial charge in [-0.25, -0.2) is 0 Å². The zero-order valence-corrected chi connectivity index (χ0v) is 29.2. The summed E-state index contributed by atoms with van der Waals surface area (Å²) in [6, 6.07) is 21.3. The largest absolute Gasteiger partial charge is 0.361 e. The first-order valence-electron chi connectivity index (χ1n) is 16.1. The number of benzene rings is 3. The lowest BCUT2D eigenvalue weighted by molar-refractivity contribution is -0.144. The fourth-order valence-corrected chi connectivity index (χ4v) is 7.25.